The summed E-state index contributed by atoms with van der Waals surface area (Å²) < 4.78 is 6.13. The van der Waals surface area contributed by atoms with E-state index in [0.717, 1.165) is 0 Å². The van der Waals surface area contributed by atoms with Crippen LogP contribution in [-0.2, 0) is 9.22 Å². The van der Waals surface area contributed by atoms with Crippen molar-refractivity contribution in [1.82, 2.24) is 15.8 Å². The second kappa shape index (κ2) is 8.46. The molecular formula is C22H33N3O5Si. The molecule has 3 amide bonds. The number of aliphatic hydroxyl groups excluding tert-OH is 1. The van der Waals surface area contributed by atoms with Gasteiger partial charge in [0.1, 0.15) is 6.23 Å². The SMILES string of the molecule is C[C@@H](O[Si](C)(C)C(C)(C)C)C(O)NNC(=O)[C@H]1C[C@H](N2C(=O)c3ccccc3C2=O)C1. The predicted molar refractivity (Wildman–Crippen MR) is 118 cm³/mol. The number of carbonyl (C=O) groups is 3. The van der Waals surface area contributed by atoms with Gasteiger partial charge in [0.15, 0.2) is 8.32 Å². The smallest absolute Gasteiger partial charge is 0.261 e. The van der Waals surface area contributed by atoms with Gasteiger partial charge in [-0.3, -0.25) is 24.7 Å². The summed E-state index contributed by atoms with van der Waals surface area (Å²) in [5, 5.41) is 10.3. The van der Waals surface area contributed by atoms with Crippen LogP contribution >= 0.6 is 0 Å². The van der Waals surface area contributed by atoms with Gasteiger partial charge in [-0.05, 0) is 50.0 Å². The Morgan fingerprint density at radius 1 is 1.16 bits per heavy atom. The number of nitrogens with one attached hydrogen (secondary N) is 2. The van der Waals surface area contributed by atoms with E-state index in [-0.39, 0.29) is 34.7 Å². The van der Waals surface area contributed by atoms with Crippen LogP contribution in [0, 0.1) is 5.92 Å². The number of imide groups is 1. The van der Waals surface area contributed by atoms with Crippen LogP contribution in [0.15, 0.2) is 24.3 Å². The van der Waals surface area contributed by atoms with E-state index in [1.165, 1.54) is 4.90 Å². The average molecular weight is 448 g/mol. The number of nitrogens with zero attached hydrogens (tertiary/aromatic N) is 1. The molecule has 1 aliphatic carbocycles. The van der Waals surface area contributed by atoms with Crippen LogP contribution in [0.4, 0.5) is 0 Å². The Balaban J connectivity index is 1.46. The molecule has 1 aromatic rings. The maximum atomic E-state index is 12.5. The first-order valence-electron chi connectivity index (χ1n) is 10.7. The largest absolute Gasteiger partial charge is 0.410 e. The fraction of sp³-hybridized carbons (Fsp3) is 0.591. The van der Waals surface area contributed by atoms with Gasteiger partial charge in [-0.25, -0.2) is 5.43 Å². The molecule has 1 aliphatic heterocycles. The maximum Gasteiger partial charge on any atom is 0.261 e. The van der Waals surface area contributed by atoms with Crippen LogP contribution in [-0.4, -0.2) is 54.4 Å². The monoisotopic (exact) mass is 447 g/mol. The van der Waals surface area contributed by atoms with Crippen molar-refractivity contribution in [1.29, 1.82) is 0 Å². The number of fused-ring (bicyclic) bond motifs is 1. The Labute approximate surface area is 184 Å². The van der Waals surface area contributed by atoms with Crippen molar-refractivity contribution in [2.45, 2.75) is 77.0 Å². The molecule has 9 heteroatoms. The van der Waals surface area contributed by atoms with Crippen molar-refractivity contribution < 1.29 is 23.9 Å². The fourth-order valence-corrected chi connectivity index (χ4v) is 5.03. The Morgan fingerprint density at radius 2 is 1.68 bits per heavy atom. The van der Waals surface area contributed by atoms with Crippen LogP contribution in [0.5, 0.6) is 0 Å². The van der Waals surface area contributed by atoms with Crippen molar-refractivity contribution >= 4 is 26.0 Å². The lowest BCUT2D eigenvalue weighted by Gasteiger charge is -2.40. The molecule has 170 valence electrons. The summed E-state index contributed by atoms with van der Waals surface area (Å²) in [6, 6.07) is 6.48. The molecular weight excluding hydrogens is 414 g/mol. The average Bonchev–Trinajstić information content (AvgIpc) is 2.89. The van der Waals surface area contributed by atoms with Gasteiger partial charge in [-0.15, -0.1) is 0 Å². The molecule has 2 atom stereocenters. The van der Waals surface area contributed by atoms with E-state index >= 15 is 0 Å². The van der Waals surface area contributed by atoms with Gasteiger partial charge < -0.3 is 9.53 Å². The minimum Gasteiger partial charge on any atom is -0.410 e. The van der Waals surface area contributed by atoms with Gasteiger partial charge >= 0.3 is 0 Å². The molecule has 0 bridgehead atoms. The number of benzene rings is 1. The summed E-state index contributed by atoms with van der Waals surface area (Å²) in [5.41, 5.74) is 6.01. The highest BCUT2D eigenvalue weighted by molar-refractivity contribution is 6.74. The summed E-state index contributed by atoms with van der Waals surface area (Å²) >= 11 is 0. The Kier molecular flexibility index (Phi) is 6.44. The zero-order valence-corrected chi connectivity index (χ0v) is 20.1. The number of hydrogen-bond acceptors (Lipinski definition) is 6. The lowest BCUT2D eigenvalue weighted by molar-refractivity contribution is -0.132. The van der Waals surface area contributed by atoms with E-state index in [9.17, 15) is 19.5 Å². The van der Waals surface area contributed by atoms with Crippen molar-refractivity contribution in [2.75, 3.05) is 0 Å². The van der Waals surface area contributed by atoms with Crippen molar-refractivity contribution in [3.05, 3.63) is 35.4 Å². The first kappa shape index (κ1) is 23.6. The van der Waals surface area contributed by atoms with Gasteiger partial charge in [0.25, 0.3) is 11.8 Å². The molecule has 3 rings (SSSR count). The number of carbonyl (C=O) groups excluding carboxylic acids is 3. The van der Waals surface area contributed by atoms with Crippen molar-refractivity contribution in [2.24, 2.45) is 5.92 Å². The van der Waals surface area contributed by atoms with Gasteiger partial charge in [0, 0.05) is 12.0 Å². The lowest BCUT2D eigenvalue weighted by atomic mass is 9.79. The Morgan fingerprint density at radius 3 is 2.16 bits per heavy atom. The number of hydrogen-bond donors (Lipinski definition) is 3. The summed E-state index contributed by atoms with van der Waals surface area (Å²) in [7, 11) is -2.05. The summed E-state index contributed by atoms with van der Waals surface area (Å²) in [5.74, 6) is -1.19. The van der Waals surface area contributed by atoms with Crippen LogP contribution in [0.2, 0.25) is 18.1 Å². The first-order valence-corrected chi connectivity index (χ1v) is 13.6. The fourth-order valence-electron chi connectivity index (χ4n) is 3.62. The number of hydrazine groups is 1. The third kappa shape index (κ3) is 4.59. The summed E-state index contributed by atoms with van der Waals surface area (Å²) in [6.45, 7) is 12.3. The maximum absolute atomic E-state index is 12.5. The highest BCUT2D eigenvalue weighted by Gasteiger charge is 2.47. The minimum atomic E-state index is -2.05. The molecule has 1 aromatic carbocycles. The van der Waals surface area contributed by atoms with E-state index in [2.05, 4.69) is 44.7 Å². The quantitative estimate of drug-likeness (QED) is 0.256. The number of rotatable bonds is 7. The number of amides is 3. The van der Waals surface area contributed by atoms with Crippen molar-refractivity contribution in [3.63, 3.8) is 0 Å². The molecule has 31 heavy (non-hydrogen) atoms. The minimum absolute atomic E-state index is 0.00920. The zero-order valence-electron chi connectivity index (χ0n) is 19.1. The zero-order chi connectivity index (χ0) is 23.1. The predicted octanol–water partition coefficient (Wildman–Crippen LogP) is 2.41. The highest BCUT2D eigenvalue weighted by atomic mass is 28.4. The van der Waals surface area contributed by atoms with E-state index in [4.69, 9.17) is 4.43 Å². The van der Waals surface area contributed by atoms with E-state index in [0.29, 0.717) is 24.0 Å². The molecule has 2 aliphatic rings. The molecule has 1 heterocycles. The van der Waals surface area contributed by atoms with Crippen LogP contribution in [0.3, 0.4) is 0 Å². The molecule has 0 saturated heterocycles. The Bertz CT molecular complexity index is 841. The van der Waals surface area contributed by atoms with Gasteiger partial charge in [0.2, 0.25) is 5.91 Å². The topological polar surface area (TPSA) is 108 Å². The molecule has 1 fully saturated rings. The molecule has 8 nitrogen and oxygen atoms in total. The molecule has 1 saturated carbocycles. The van der Waals surface area contributed by atoms with E-state index < -0.39 is 20.6 Å². The highest BCUT2D eigenvalue weighted by Crippen LogP contribution is 2.38. The molecule has 0 spiro atoms. The number of aliphatic hydroxyl groups is 1. The second-order valence-electron chi connectivity index (χ2n) is 10.0. The standard InChI is InChI=1S/C22H33N3O5Si/c1-13(30-31(5,6)22(2,3)4)18(26)23-24-19(27)14-11-15(12-14)25-20(28)16-9-7-8-10-17(16)21(25)29/h7-10,13-15,18,23,26H,11-12H2,1-6H3,(H,24,27)/t13-,14-,15-,18?/m1/s1. The third-order valence-corrected chi connectivity index (χ3v) is 11.3. The van der Waals surface area contributed by atoms with Crippen LogP contribution in [0.1, 0.15) is 61.3 Å². The van der Waals surface area contributed by atoms with Gasteiger partial charge in [-0.2, -0.15) is 0 Å². The van der Waals surface area contributed by atoms with Crippen LogP contribution < -0.4 is 10.9 Å². The second-order valence-corrected chi connectivity index (χ2v) is 14.8. The molecule has 0 aromatic heterocycles. The molecule has 0 radical (unpaired) electrons. The molecule has 1 unspecified atom stereocenters. The third-order valence-electron chi connectivity index (χ3n) is 6.75. The molecule has 3 N–H and O–H groups in total. The van der Waals surface area contributed by atoms with Gasteiger partial charge in [-0.1, -0.05) is 32.9 Å². The lowest BCUT2D eigenvalue weighted by Crippen LogP contribution is -2.57. The summed E-state index contributed by atoms with van der Waals surface area (Å²) in [4.78, 5) is 38.8. The Hall–Kier alpha value is -2.07. The van der Waals surface area contributed by atoms with Gasteiger partial charge in [0.05, 0.1) is 17.2 Å². The normalized spacial score (nSPS) is 23.3. The van der Waals surface area contributed by atoms with E-state index in [1.54, 1.807) is 31.2 Å². The van der Waals surface area contributed by atoms with Crippen molar-refractivity contribution in [3.8, 4) is 0 Å². The first-order chi connectivity index (χ1) is 14.3. The van der Waals surface area contributed by atoms with E-state index in [1.807, 2.05) is 0 Å². The summed E-state index contributed by atoms with van der Waals surface area (Å²) in [6.07, 6.45) is -0.727. The van der Waals surface area contributed by atoms with Crippen LogP contribution in [0.25, 0.3) is 0 Å².